The fourth-order valence-electron chi connectivity index (χ4n) is 5.64. The highest BCUT2D eigenvalue weighted by atomic mass is 16.5. The molecule has 1 aromatic carbocycles. The Labute approximate surface area is 200 Å². The number of fused-ring (bicyclic) bond motifs is 3. The average molecular weight is 461 g/mol. The molecule has 0 unspecified atom stereocenters. The number of piperidine rings is 1. The van der Waals surface area contributed by atoms with Crippen LogP contribution in [0.3, 0.4) is 0 Å². The molecule has 2 heterocycles. The number of ether oxygens (including phenoxy) is 3. The first-order valence-electron chi connectivity index (χ1n) is 12.8. The lowest BCUT2D eigenvalue weighted by Crippen LogP contribution is -2.47. The Morgan fingerprint density at radius 2 is 1.82 bits per heavy atom. The first-order valence-corrected chi connectivity index (χ1v) is 12.8. The van der Waals surface area contributed by atoms with Gasteiger partial charge in [0, 0.05) is 25.7 Å². The summed E-state index contributed by atoms with van der Waals surface area (Å²) < 4.78 is 17.0. The third-order valence-electron chi connectivity index (χ3n) is 7.53. The van der Waals surface area contributed by atoms with E-state index in [4.69, 9.17) is 14.2 Å². The van der Waals surface area contributed by atoms with Gasteiger partial charge in [0.05, 0.1) is 27.2 Å². The molecule has 0 N–H and O–H groups in total. The van der Waals surface area contributed by atoms with Gasteiger partial charge in [0.15, 0.2) is 11.5 Å². The number of rotatable bonds is 11. The molecule has 33 heavy (non-hydrogen) atoms. The number of hydrogen-bond donors (Lipinski definition) is 0. The van der Waals surface area contributed by atoms with E-state index >= 15 is 0 Å². The minimum absolute atomic E-state index is 0.0666. The summed E-state index contributed by atoms with van der Waals surface area (Å²) in [5.74, 6) is 3.10. The van der Waals surface area contributed by atoms with Crippen LogP contribution in [0.25, 0.3) is 0 Å². The van der Waals surface area contributed by atoms with E-state index in [0.29, 0.717) is 36.8 Å². The Morgan fingerprint density at radius 1 is 1.12 bits per heavy atom. The predicted octanol–water partition coefficient (Wildman–Crippen LogP) is 4.56. The minimum atomic E-state index is -0.0666. The predicted molar refractivity (Wildman–Crippen MR) is 132 cm³/mol. The second-order valence-corrected chi connectivity index (χ2v) is 10.0. The van der Waals surface area contributed by atoms with E-state index in [9.17, 15) is 4.79 Å². The number of methoxy groups -OCH3 is 2. The first-order chi connectivity index (χ1) is 15.9. The zero-order valence-electron chi connectivity index (χ0n) is 21.6. The van der Waals surface area contributed by atoms with Crippen LogP contribution in [0.2, 0.25) is 0 Å². The molecule has 6 nitrogen and oxygen atoms in total. The Bertz CT molecular complexity index is 778. The molecule has 1 saturated heterocycles. The molecule has 3 rings (SSSR count). The Balaban J connectivity index is 1.72. The third kappa shape index (κ3) is 6.42. The molecule has 0 spiro atoms. The van der Waals surface area contributed by atoms with E-state index in [2.05, 4.69) is 49.6 Å². The van der Waals surface area contributed by atoms with Crippen molar-refractivity contribution in [2.24, 2.45) is 17.8 Å². The SMILES string of the molecule is CCN(CC)CCC(=O)OC[C@@H]1C[C@@H]2c3cc(OC)c(OC)cc3CCN2C[C@H]1CC(C)C. The van der Waals surface area contributed by atoms with Gasteiger partial charge < -0.3 is 19.1 Å². The maximum absolute atomic E-state index is 12.5. The Morgan fingerprint density at radius 3 is 2.45 bits per heavy atom. The number of hydrogen-bond acceptors (Lipinski definition) is 6. The third-order valence-corrected chi connectivity index (χ3v) is 7.53. The Hall–Kier alpha value is -1.79. The van der Waals surface area contributed by atoms with Crippen LogP contribution in [0.1, 0.15) is 64.1 Å². The zero-order chi connectivity index (χ0) is 24.0. The fourth-order valence-corrected chi connectivity index (χ4v) is 5.64. The summed E-state index contributed by atoms with van der Waals surface area (Å²) in [7, 11) is 3.39. The Kier molecular flexibility index (Phi) is 9.45. The highest BCUT2D eigenvalue weighted by molar-refractivity contribution is 5.69. The van der Waals surface area contributed by atoms with Crippen molar-refractivity contribution in [3.8, 4) is 11.5 Å². The standard InChI is InChI=1S/C27H44N2O4/c1-7-28(8-2)11-10-27(30)33-18-22-14-24-23-16-26(32-6)25(31-5)15-20(23)9-12-29(24)17-21(22)13-19(3)4/h15-16,19,21-22,24H,7-14,17-18H2,1-6H3/t21-,22+,24-/m1/s1. The summed E-state index contributed by atoms with van der Waals surface area (Å²) in [6.45, 7) is 14.2. The van der Waals surface area contributed by atoms with Gasteiger partial charge >= 0.3 is 5.97 Å². The van der Waals surface area contributed by atoms with Gasteiger partial charge in [-0.1, -0.05) is 27.7 Å². The molecule has 0 aliphatic carbocycles. The van der Waals surface area contributed by atoms with Crippen LogP contribution in [0.4, 0.5) is 0 Å². The van der Waals surface area contributed by atoms with Crippen LogP contribution < -0.4 is 9.47 Å². The molecule has 1 fully saturated rings. The number of carbonyl (C=O) groups is 1. The molecule has 0 amide bonds. The molecule has 2 aliphatic heterocycles. The van der Waals surface area contributed by atoms with E-state index in [0.717, 1.165) is 57.1 Å². The van der Waals surface area contributed by atoms with E-state index in [1.807, 2.05) is 0 Å². The van der Waals surface area contributed by atoms with Crippen LogP contribution in [0, 0.1) is 17.8 Å². The van der Waals surface area contributed by atoms with Crippen molar-refractivity contribution >= 4 is 5.97 Å². The van der Waals surface area contributed by atoms with Crippen molar-refractivity contribution in [2.75, 3.05) is 53.6 Å². The number of nitrogens with zero attached hydrogens (tertiary/aromatic N) is 2. The molecule has 3 atom stereocenters. The molecule has 0 aromatic heterocycles. The summed E-state index contributed by atoms with van der Waals surface area (Å²) >= 11 is 0. The van der Waals surface area contributed by atoms with Gasteiger partial charge in [-0.2, -0.15) is 0 Å². The first kappa shape index (κ1) is 25.8. The van der Waals surface area contributed by atoms with Gasteiger partial charge in [0.2, 0.25) is 0 Å². The molecule has 0 saturated carbocycles. The van der Waals surface area contributed by atoms with E-state index in [-0.39, 0.29) is 5.97 Å². The van der Waals surface area contributed by atoms with Crippen molar-refractivity contribution in [3.63, 3.8) is 0 Å². The maximum atomic E-state index is 12.5. The summed E-state index contributed by atoms with van der Waals surface area (Å²) in [5.41, 5.74) is 2.70. The smallest absolute Gasteiger partial charge is 0.307 e. The van der Waals surface area contributed by atoms with Gasteiger partial charge in [0.1, 0.15) is 0 Å². The highest BCUT2D eigenvalue weighted by Crippen LogP contribution is 2.45. The van der Waals surface area contributed by atoms with Crippen molar-refractivity contribution in [2.45, 2.75) is 59.4 Å². The summed E-state index contributed by atoms with van der Waals surface area (Å²) in [6, 6.07) is 4.66. The van der Waals surface area contributed by atoms with Gasteiger partial charge in [0.25, 0.3) is 0 Å². The summed E-state index contributed by atoms with van der Waals surface area (Å²) in [4.78, 5) is 17.4. The summed E-state index contributed by atoms with van der Waals surface area (Å²) in [5, 5.41) is 0. The fraction of sp³-hybridized carbons (Fsp3) is 0.741. The maximum Gasteiger partial charge on any atom is 0.307 e. The normalized spacial score (nSPS) is 22.7. The largest absolute Gasteiger partial charge is 0.493 e. The lowest BCUT2D eigenvalue weighted by atomic mass is 9.74. The topological polar surface area (TPSA) is 51.2 Å². The molecule has 1 aromatic rings. The van der Waals surface area contributed by atoms with Crippen LogP contribution in [0.5, 0.6) is 11.5 Å². The highest BCUT2D eigenvalue weighted by Gasteiger charge is 2.40. The second kappa shape index (κ2) is 12.1. The van der Waals surface area contributed by atoms with Crippen LogP contribution in [-0.2, 0) is 16.0 Å². The van der Waals surface area contributed by atoms with E-state index in [1.54, 1.807) is 14.2 Å². The van der Waals surface area contributed by atoms with Crippen LogP contribution >= 0.6 is 0 Å². The van der Waals surface area contributed by atoms with Gasteiger partial charge in [-0.15, -0.1) is 0 Å². The van der Waals surface area contributed by atoms with E-state index < -0.39 is 0 Å². The lowest BCUT2D eigenvalue weighted by Gasteiger charge is -2.47. The molecular weight excluding hydrogens is 416 g/mol. The lowest BCUT2D eigenvalue weighted by molar-refractivity contribution is -0.147. The average Bonchev–Trinajstić information content (AvgIpc) is 2.81. The van der Waals surface area contributed by atoms with Crippen LogP contribution in [-0.4, -0.2) is 69.3 Å². The molecule has 0 bridgehead atoms. The monoisotopic (exact) mass is 460 g/mol. The van der Waals surface area contributed by atoms with Crippen molar-refractivity contribution in [1.29, 1.82) is 0 Å². The number of esters is 1. The van der Waals surface area contributed by atoms with Crippen molar-refractivity contribution in [3.05, 3.63) is 23.3 Å². The number of benzene rings is 1. The van der Waals surface area contributed by atoms with Gasteiger partial charge in [-0.05, 0) is 73.4 Å². The summed E-state index contributed by atoms with van der Waals surface area (Å²) in [6.07, 6.45) is 3.69. The van der Waals surface area contributed by atoms with Gasteiger partial charge in [-0.25, -0.2) is 0 Å². The minimum Gasteiger partial charge on any atom is -0.493 e. The van der Waals surface area contributed by atoms with Gasteiger partial charge in [-0.3, -0.25) is 9.69 Å². The molecule has 0 radical (unpaired) electrons. The second-order valence-electron chi connectivity index (χ2n) is 10.0. The van der Waals surface area contributed by atoms with Crippen LogP contribution in [0.15, 0.2) is 12.1 Å². The molecule has 2 aliphatic rings. The molecule has 6 heteroatoms. The number of carbonyl (C=O) groups excluding carboxylic acids is 1. The van der Waals surface area contributed by atoms with E-state index in [1.165, 1.54) is 17.5 Å². The van der Waals surface area contributed by atoms with Crippen molar-refractivity contribution in [1.82, 2.24) is 9.80 Å². The molecular formula is C27H44N2O4. The van der Waals surface area contributed by atoms with Crippen molar-refractivity contribution < 1.29 is 19.0 Å². The zero-order valence-corrected chi connectivity index (χ0v) is 21.6. The molecule has 186 valence electrons. The quantitative estimate of drug-likeness (QED) is 0.451.